The number of Topliss-reactive ketones (excluding diaryl/α,β-unsaturated/α-hetero) is 1. The summed E-state index contributed by atoms with van der Waals surface area (Å²) in [6.07, 6.45) is 1.27. The number of aliphatic hydroxyl groups is 1. The summed E-state index contributed by atoms with van der Waals surface area (Å²) < 4.78 is 0. The van der Waals surface area contributed by atoms with Gasteiger partial charge >= 0.3 is 0 Å². The Labute approximate surface area is 105 Å². The number of benzene rings is 1. The van der Waals surface area contributed by atoms with Crippen molar-refractivity contribution in [1.82, 2.24) is 4.90 Å². The number of nitrogens with zero attached hydrogens (tertiary/aromatic N) is 1. The molecule has 0 bridgehead atoms. The highest BCUT2D eigenvalue weighted by Gasteiger charge is 2.21. The van der Waals surface area contributed by atoms with Gasteiger partial charge in [-0.05, 0) is 31.5 Å². The first kappa shape index (κ1) is 12.9. The Morgan fingerprint density at radius 3 is 2.83 bits per heavy atom. The molecule has 98 valence electrons. The van der Waals surface area contributed by atoms with Crippen LogP contribution < -0.4 is 0 Å². The topological polar surface area (TPSA) is 81.0 Å². The van der Waals surface area contributed by atoms with Gasteiger partial charge in [-0.1, -0.05) is 0 Å². The molecule has 2 rings (SSSR count). The zero-order valence-corrected chi connectivity index (χ0v) is 10.0. The van der Waals surface area contributed by atoms with Gasteiger partial charge in [-0.2, -0.15) is 0 Å². The highest BCUT2D eigenvalue weighted by Crippen LogP contribution is 2.23. The van der Waals surface area contributed by atoms with Crippen LogP contribution >= 0.6 is 0 Å². The van der Waals surface area contributed by atoms with Crippen LogP contribution in [-0.2, 0) is 0 Å². The van der Waals surface area contributed by atoms with Crippen LogP contribution in [0.1, 0.15) is 23.2 Å². The molecular formula is C13H17NO4. The number of likely N-dealkylation sites (tertiary alicyclic amines) is 1. The van der Waals surface area contributed by atoms with Crippen LogP contribution in [0.3, 0.4) is 0 Å². The molecule has 1 saturated heterocycles. The third-order valence-corrected chi connectivity index (χ3v) is 3.13. The first-order chi connectivity index (χ1) is 8.56. The summed E-state index contributed by atoms with van der Waals surface area (Å²) in [5.41, 5.74) is 0.202. The van der Waals surface area contributed by atoms with Crippen LogP contribution in [0.15, 0.2) is 18.2 Å². The Hall–Kier alpha value is -1.59. The van der Waals surface area contributed by atoms with Gasteiger partial charge in [0.2, 0.25) is 0 Å². The molecular weight excluding hydrogens is 234 g/mol. The summed E-state index contributed by atoms with van der Waals surface area (Å²) >= 11 is 0. The Balaban J connectivity index is 2.03. The highest BCUT2D eigenvalue weighted by molar-refractivity contribution is 6.00. The number of piperidine rings is 1. The molecule has 1 atom stereocenters. The van der Waals surface area contributed by atoms with Gasteiger partial charge in [-0.15, -0.1) is 0 Å². The van der Waals surface area contributed by atoms with Crippen molar-refractivity contribution in [3.05, 3.63) is 23.8 Å². The predicted molar refractivity (Wildman–Crippen MR) is 65.8 cm³/mol. The van der Waals surface area contributed by atoms with E-state index in [9.17, 15) is 15.0 Å². The molecule has 5 nitrogen and oxygen atoms in total. The fourth-order valence-corrected chi connectivity index (χ4v) is 2.22. The molecule has 0 saturated carbocycles. The van der Waals surface area contributed by atoms with Crippen molar-refractivity contribution in [2.45, 2.75) is 18.9 Å². The highest BCUT2D eigenvalue weighted by atomic mass is 16.3. The molecule has 1 aromatic rings. The lowest BCUT2D eigenvalue weighted by molar-refractivity contribution is 0.0633. The third kappa shape index (κ3) is 3.00. The Bertz CT molecular complexity index is 447. The molecule has 3 N–H and O–H groups in total. The summed E-state index contributed by atoms with van der Waals surface area (Å²) in [5, 5.41) is 28.3. The average molecular weight is 251 g/mol. The lowest BCUT2D eigenvalue weighted by Gasteiger charge is -2.29. The number of carbonyl (C=O) groups is 1. The molecule has 0 aromatic heterocycles. The SMILES string of the molecule is O=C(CN1CCCC(O)C1)c1ccc(O)cc1O. The Morgan fingerprint density at radius 1 is 1.39 bits per heavy atom. The van der Waals surface area contributed by atoms with E-state index < -0.39 is 0 Å². The number of ketones is 1. The quantitative estimate of drug-likeness (QED) is 0.690. The minimum Gasteiger partial charge on any atom is -0.508 e. The van der Waals surface area contributed by atoms with Gasteiger partial charge in [0.05, 0.1) is 18.2 Å². The maximum Gasteiger partial charge on any atom is 0.180 e. The largest absolute Gasteiger partial charge is 0.508 e. The second-order valence-corrected chi connectivity index (χ2v) is 4.66. The summed E-state index contributed by atoms with van der Waals surface area (Å²) in [6, 6.07) is 3.93. The van der Waals surface area contributed by atoms with Gasteiger partial charge in [0.1, 0.15) is 11.5 Å². The van der Waals surface area contributed by atoms with Crippen molar-refractivity contribution in [3.8, 4) is 11.5 Å². The van der Waals surface area contributed by atoms with Gasteiger partial charge in [-0.3, -0.25) is 9.69 Å². The zero-order chi connectivity index (χ0) is 13.1. The summed E-state index contributed by atoms with van der Waals surface area (Å²) in [5.74, 6) is -0.489. The monoisotopic (exact) mass is 251 g/mol. The first-order valence-electron chi connectivity index (χ1n) is 6.02. The van der Waals surface area contributed by atoms with Crippen LogP contribution in [0.4, 0.5) is 0 Å². The van der Waals surface area contributed by atoms with E-state index in [1.807, 2.05) is 4.90 Å². The van der Waals surface area contributed by atoms with Crippen molar-refractivity contribution in [3.63, 3.8) is 0 Å². The molecule has 1 heterocycles. The van der Waals surface area contributed by atoms with Crippen molar-refractivity contribution >= 4 is 5.78 Å². The molecule has 1 aromatic carbocycles. The van der Waals surface area contributed by atoms with E-state index >= 15 is 0 Å². The number of rotatable bonds is 3. The molecule has 18 heavy (non-hydrogen) atoms. The fraction of sp³-hybridized carbons (Fsp3) is 0.462. The maximum absolute atomic E-state index is 12.0. The van der Waals surface area contributed by atoms with Gasteiger partial charge in [-0.25, -0.2) is 0 Å². The molecule has 1 aliphatic rings. The minimum absolute atomic E-state index is 0.0718. The van der Waals surface area contributed by atoms with E-state index in [1.165, 1.54) is 12.1 Å². The lowest BCUT2D eigenvalue weighted by atomic mass is 10.1. The van der Waals surface area contributed by atoms with Gasteiger partial charge in [0, 0.05) is 12.6 Å². The minimum atomic E-state index is -0.375. The van der Waals surface area contributed by atoms with Gasteiger partial charge in [0.15, 0.2) is 5.78 Å². The van der Waals surface area contributed by atoms with Crippen LogP contribution in [0.25, 0.3) is 0 Å². The summed E-state index contributed by atoms with van der Waals surface area (Å²) in [4.78, 5) is 13.9. The number of carbonyl (C=O) groups excluding carboxylic acids is 1. The third-order valence-electron chi connectivity index (χ3n) is 3.13. The van der Waals surface area contributed by atoms with E-state index in [4.69, 9.17) is 5.11 Å². The van der Waals surface area contributed by atoms with E-state index in [1.54, 1.807) is 0 Å². The molecule has 0 aliphatic carbocycles. The van der Waals surface area contributed by atoms with Crippen LogP contribution in [-0.4, -0.2) is 51.7 Å². The summed E-state index contributed by atoms with van der Waals surface area (Å²) in [7, 11) is 0. The zero-order valence-electron chi connectivity index (χ0n) is 10.0. The van der Waals surface area contributed by atoms with Crippen LogP contribution in [0.2, 0.25) is 0 Å². The predicted octanol–water partition coefficient (Wildman–Crippen LogP) is 0.737. The normalized spacial score (nSPS) is 20.8. The molecule has 0 amide bonds. The van der Waals surface area contributed by atoms with E-state index in [-0.39, 0.29) is 35.5 Å². The van der Waals surface area contributed by atoms with Crippen LogP contribution in [0, 0.1) is 0 Å². The number of phenolic OH excluding ortho intramolecular Hbond substituents is 2. The number of β-amino-alcohol motifs (C(OH)–C–C–N with tert-alkyl or cyclic N) is 1. The van der Waals surface area contributed by atoms with Crippen molar-refractivity contribution in [1.29, 1.82) is 0 Å². The van der Waals surface area contributed by atoms with Gasteiger partial charge in [0.25, 0.3) is 0 Å². The molecule has 0 radical (unpaired) electrons. The molecule has 5 heteroatoms. The maximum atomic E-state index is 12.0. The second kappa shape index (κ2) is 5.37. The van der Waals surface area contributed by atoms with Crippen LogP contribution in [0.5, 0.6) is 11.5 Å². The Kier molecular flexibility index (Phi) is 3.84. The number of phenols is 2. The van der Waals surface area contributed by atoms with Gasteiger partial charge < -0.3 is 15.3 Å². The molecule has 1 aliphatic heterocycles. The Morgan fingerprint density at radius 2 is 2.17 bits per heavy atom. The molecule has 0 spiro atoms. The number of hydrogen-bond acceptors (Lipinski definition) is 5. The summed E-state index contributed by atoms with van der Waals surface area (Å²) in [6.45, 7) is 1.45. The lowest BCUT2D eigenvalue weighted by Crippen LogP contribution is -2.41. The van der Waals surface area contributed by atoms with Crippen molar-refractivity contribution in [2.24, 2.45) is 0 Å². The van der Waals surface area contributed by atoms with E-state index in [0.717, 1.165) is 25.5 Å². The van der Waals surface area contributed by atoms with E-state index in [0.29, 0.717) is 6.54 Å². The first-order valence-corrected chi connectivity index (χ1v) is 6.02. The van der Waals surface area contributed by atoms with E-state index in [2.05, 4.69) is 0 Å². The average Bonchev–Trinajstić information content (AvgIpc) is 2.28. The smallest absolute Gasteiger partial charge is 0.180 e. The number of aliphatic hydroxyl groups excluding tert-OH is 1. The number of hydrogen-bond donors (Lipinski definition) is 3. The standard InChI is InChI=1S/C13H17NO4/c15-9-3-4-11(12(17)6-9)13(18)8-14-5-1-2-10(16)7-14/h3-4,6,10,15-17H,1-2,5,7-8H2. The van der Waals surface area contributed by atoms with Crippen molar-refractivity contribution < 1.29 is 20.1 Å². The molecule has 1 fully saturated rings. The number of aromatic hydroxyl groups is 2. The molecule has 1 unspecified atom stereocenters. The fourth-order valence-electron chi connectivity index (χ4n) is 2.22. The second-order valence-electron chi connectivity index (χ2n) is 4.66. The van der Waals surface area contributed by atoms with Crippen molar-refractivity contribution in [2.75, 3.05) is 19.6 Å².